The molecule has 0 saturated heterocycles. The first-order chi connectivity index (χ1) is 14.3. The van der Waals surface area contributed by atoms with E-state index in [0.717, 1.165) is 22.7 Å². The van der Waals surface area contributed by atoms with Gasteiger partial charge in [0, 0.05) is 23.5 Å². The van der Waals surface area contributed by atoms with Crippen molar-refractivity contribution >= 4 is 22.4 Å². The summed E-state index contributed by atoms with van der Waals surface area (Å²) in [7, 11) is 0. The Hall–Kier alpha value is -2.80. The van der Waals surface area contributed by atoms with Crippen molar-refractivity contribution in [2.75, 3.05) is 11.9 Å². The summed E-state index contributed by atoms with van der Waals surface area (Å²) in [4.78, 5) is 16.4. The Bertz CT molecular complexity index is 881. The van der Waals surface area contributed by atoms with Crippen molar-refractivity contribution in [2.24, 2.45) is 0 Å². The van der Waals surface area contributed by atoms with Crippen LogP contribution in [0.5, 0.6) is 5.75 Å². The Kier molecular flexibility index (Phi) is 8.12. The maximum absolute atomic E-state index is 12.4. The van der Waals surface area contributed by atoms with E-state index >= 15 is 0 Å². The second-order valence-electron chi connectivity index (χ2n) is 6.74. The number of hydrogen-bond acceptors (Lipinski definition) is 6. The van der Waals surface area contributed by atoms with E-state index in [4.69, 9.17) is 4.74 Å². The minimum Gasteiger partial charge on any atom is -0.494 e. The summed E-state index contributed by atoms with van der Waals surface area (Å²) >= 11 is 1.33. The number of unbranched alkanes of at least 4 members (excludes halogenated alkanes) is 5. The van der Waals surface area contributed by atoms with E-state index < -0.39 is 0 Å². The molecule has 0 fully saturated rings. The van der Waals surface area contributed by atoms with E-state index in [0.29, 0.717) is 17.3 Å². The second-order valence-corrected chi connectivity index (χ2v) is 7.72. The fraction of sp³-hybridized carbons (Fsp3) is 0.364. The fourth-order valence-electron chi connectivity index (χ4n) is 2.83. The van der Waals surface area contributed by atoms with Crippen molar-refractivity contribution < 1.29 is 9.53 Å². The highest BCUT2D eigenvalue weighted by molar-refractivity contribution is 7.18. The molecule has 1 N–H and O–H groups in total. The van der Waals surface area contributed by atoms with Gasteiger partial charge in [-0.1, -0.05) is 50.4 Å². The summed E-state index contributed by atoms with van der Waals surface area (Å²) in [6.45, 7) is 2.93. The van der Waals surface area contributed by atoms with E-state index in [1.165, 1.54) is 43.4 Å². The van der Waals surface area contributed by atoms with Crippen LogP contribution in [0.4, 0.5) is 5.13 Å². The maximum atomic E-state index is 12.4. The first-order valence-electron chi connectivity index (χ1n) is 10.0. The lowest BCUT2D eigenvalue weighted by atomic mass is 10.1. The molecule has 0 bridgehead atoms. The molecular formula is C22H26N4O2S. The molecule has 152 valence electrons. The van der Waals surface area contributed by atoms with Gasteiger partial charge in [-0.25, -0.2) is 0 Å². The number of nitrogens with zero attached hydrogens (tertiary/aromatic N) is 3. The lowest BCUT2D eigenvalue weighted by Crippen LogP contribution is -2.11. The number of nitrogens with one attached hydrogen (secondary N) is 1. The summed E-state index contributed by atoms with van der Waals surface area (Å²) in [5, 5.41) is 12.2. The zero-order valence-corrected chi connectivity index (χ0v) is 17.5. The number of amides is 1. The van der Waals surface area contributed by atoms with Crippen LogP contribution in [-0.4, -0.2) is 27.7 Å². The van der Waals surface area contributed by atoms with Crippen LogP contribution in [0.3, 0.4) is 0 Å². The summed E-state index contributed by atoms with van der Waals surface area (Å²) < 4.78 is 5.76. The molecule has 0 radical (unpaired) electrons. The molecule has 0 aliphatic carbocycles. The number of ether oxygens (including phenoxy) is 1. The number of carbonyl (C=O) groups is 1. The van der Waals surface area contributed by atoms with Crippen molar-refractivity contribution in [3.8, 4) is 16.3 Å². The highest BCUT2D eigenvalue weighted by atomic mass is 32.1. The van der Waals surface area contributed by atoms with Crippen molar-refractivity contribution in [1.29, 1.82) is 0 Å². The average Bonchev–Trinajstić information content (AvgIpc) is 3.22. The Morgan fingerprint density at radius 3 is 2.45 bits per heavy atom. The van der Waals surface area contributed by atoms with E-state index in [1.54, 1.807) is 24.5 Å². The Morgan fingerprint density at radius 2 is 1.69 bits per heavy atom. The van der Waals surface area contributed by atoms with Gasteiger partial charge in [0.2, 0.25) is 5.13 Å². The monoisotopic (exact) mass is 410 g/mol. The van der Waals surface area contributed by atoms with E-state index in [1.807, 2.05) is 24.3 Å². The SMILES string of the molecule is CCCCCCCCOc1ccc(C(=O)Nc2nnc(-c3ccncc3)s2)cc1. The van der Waals surface area contributed by atoms with Crippen molar-refractivity contribution in [3.63, 3.8) is 0 Å². The molecule has 3 aromatic rings. The molecular weight excluding hydrogens is 384 g/mol. The Labute approximate surface area is 175 Å². The molecule has 0 aliphatic heterocycles. The summed E-state index contributed by atoms with van der Waals surface area (Å²) in [6, 6.07) is 10.9. The van der Waals surface area contributed by atoms with Crippen LogP contribution in [0.2, 0.25) is 0 Å². The van der Waals surface area contributed by atoms with Gasteiger partial charge in [0.1, 0.15) is 10.8 Å². The largest absolute Gasteiger partial charge is 0.494 e. The zero-order valence-electron chi connectivity index (χ0n) is 16.6. The third-order valence-corrected chi connectivity index (χ3v) is 5.34. The molecule has 0 atom stereocenters. The van der Waals surface area contributed by atoms with Gasteiger partial charge in [0.05, 0.1) is 6.61 Å². The van der Waals surface area contributed by atoms with E-state index in [-0.39, 0.29) is 5.91 Å². The molecule has 7 heteroatoms. The lowest BCUT2D eigenvalue weighted by Gasteiger charge is -2.07. The normalized spacial score (nSPS) is 10.7. The van der Waals surface area contributed by atoms with Crippen molar-refractivity contribution in [3.05, 3.63) is 54.4 Å². The number of benzene rings is 1. The van der Waals surface area contributed by atoms with Gasteiger partial charge in [-0.05, 0) is 42.8 Å². The van der Waals surface area contributed by atoms with Gasteiger partial charge in [-0.15, -0.1) is 10.2 Å². The van der Waals surface area contributed by atoms with Gasteiger partial charge in [-0.3, -0.25) is 15.1 Å². The molecule has 29 heavy (non-hydrogen) atoms. The van der Waals surface area contributed by atoms with Gasteiger partial charge >= 0.3 is 0 Å². The maximum Gasteiger partial charge on any atom is 0.257 e. The molecule has 0 saturated carbocycles. The zero-order chi connectivity index (χ0) is 20.3. The van der Waals surface area contributed by atoms with Crippen molar-refractivity contribution in [2.45, 2.75) is 45.4 Å². The first-order valence-corrected chi connectivity index (χ1v) is 10.9. The van der Waals surface area contributed by atoms with Gasteiger partial charge in [0.25, 0.3) is 5.91 Å². The predicted molar refractivity (Wildman–Crippen MR) is 116 cm³/mol. The Balaban J connectivity index is 1.45. The number of rotatable bonds is 11. The molecule has 1 aromatic carbocycles. The van der Waals surface area contributed by atoms with Crippen LogP contribution in [-0.2, 0) is 0 Å². The van der Waals surface area contributed by atoms with Crippen LogP contribution in [0, 0.1) is 0 Å². The van der Waals surface area contributed by atoms with Gasteiger partial charge < -0.3 is 4.74 Å². The number of pyridine rings is 1. The molecule has 2 heterocycles. The highest BCUT2D eigenvalue weighted by Gasteiger charge is 2.11. The van der Waals surface area contributed by atoms with Gasteiger partial charge in [0.15, 0.2) is 0 Å². The number of anilines is 1. The summed E-state index contributed by atoms with van der Waals surface area (Å²) in [6.07, 6.45) is 10.8. The molecule has 0 aliphatic rings. The standard InChI is InChI=1S/C22H26N4O2S/c1-2-3-4-5-6-7-16-28-19-10-8-17(9-11-19)20(27)24-22-26-25-21(29-22)18-12-14-23-15-13-18/h8-15H,2-7,16H2,1H3,(H,24,26,27). The molecule has 3 rings (SSSR count). The third-order valence-electron chi connectivity index (χ3n) is 4.46. The Morgan fingerprint density at radius 1 is 0.966 bits per heavy atom. The topological polar surface area (TPSA) is 77.0 Å². The summed E-state index contributed by atoms with van der Waals surface area (Å²) in [5.74, 6) is 0.566. The second kappa shape index (κ2) is 11.3. The fourth-order valence-corrected chi connectivity index (χ4v) is 3.57. The predicted octanol–water partition coefficient (Wildman–Crippen LogP) is 5.59. The number of hydrogen-bond donors (Lipinski definition) is 1. The van der Waals surface area contributed by atoms with Crippen LogP contribution in [0.25, 0.3) is 10.6 Å². The summed E-state index contributed by atoms with van der Waals surface area (Å²) in [5.41, 5.74) is 1.47. The first kappa shape index (κ1) is 20.9. The van der Waals surface area contributed by atoms with Gasteiger partial charge in [-0.2, -0.15) is 0 Å². The third kappa shape index (κ3) is 6.64. The highest BCUT2D eigenvalue weighted by Crippen LogP contribution is 2.26. The van der Waals surface area contributed by atoms with E-state index in [9.17, 15) is 4.79 Å². The smallest absolute Gasteiger partial charge is 0.257 e. The van der Waals surface area contributed by atoms with Crippen molar-refractivity contribution in [1.82, 2.24) is 15.2 Å². The average molecular weight is 411 g/mol. The van der Waals surface area contributed by atoms with Crippen LogP contribution in [0.1, 0.15) is 55.8 Å². The van der Waals surface area contributed by atoms with Crippen LogP contribution in [0.15, 0.2) is 48.8 Å². The molecule has 1 amide bonds. The minimum absolute atomic E-state index is 0.218. The van der Waals surface area contributed by atoms with Crippen LogP contribution >= 0.6 is 11.3 Å². The molecule has 0 spiro atoms. The lowest BCUT2D eigenvalue weighted by molar-refractivity contribution is 0.102. The molecule has 0 unspecified atom stereocenters. The number of aromatic nitrogens is 3. The number of carbonyl (C=O) groups excluding carboxylic acids is 1. The quantitative estimate of drug-likeness (QED) is 0.417. The molecule has 6 nitrogen and oxygen atoms in total. The van der Waals surface area contributed by atoms with E-state index in [2.05, 4.69) is 27.4 Å². The van der Waals surface area contributed by atoms with Crippen LogP contribution < -0.4 is 10.1 Å². The minimum atomic E-state index is -0.218. The molecule has 2 aromatic heterocycles.